The van der Waals surface area contributed by atoms with Gasteiger partial charge in [0.1, 0.15) is 6.54 Å². The number of amides is 2. The Morgan fingerprint density at radius 2 is 1.76 bits per heavy atom. The molecule has 182 valence electrons. The molecule has 0 radical (unpaired) electrons. The standard InChI is InChI=1S/C22H24ClN3O7S/c1-32-22(29)18-13-16(5-8-19(18)23)24-20(27)14-26(34(2,30)31)17-6-3-15(4-7-17)21(28)25-9-11-33-12-10-25/h3-8,13H,9-12,14H2,1-2H3,(H,24,27). The van der Waals surface area contributed by atoms with Crippen LogP contribution in [-0.4, -0.2) is 77.3 Å². The molecule has 1 aliphatic heterocycles. The second kappa shape index (κ2) is 10.9. The van der Waals surface area contributed by atoms with E-state index in [-0.39, 0.29) is 27.9 Å². The number of morpholine rings is 1. The van der Waals surface area contributed by atoms with Gasteiger partial charge in [-0.1, -0.05) is 11.6 Å². The highest BCUT2D eigenvalue weighted by Gasteiger charge is 2.23. The zero-order valence-corrected chi connectivity index (χ0v) is 20.2. The number of nitrogens with zero attached hydrogens (tertiary/aromatic N) is 2. The summed E-state index contributed by atoms with van der Waals surface area (Å²) in [5.41, 5.74) is 0.930. The Hall–Kier alpha value is -3.15. The number of hydrogen-bond donors (Lipinski definition) is 1. The van der Waals surface area contributed by atoms with Crippen LogP contribution in [-0.2, 0) is 24.3 Å². The molecule has 0 aromatic heterocycles. The molecule has 3 rings (SSSR count). The molecule has 10 nitrogen and oxygen atoms in total. The van der Waals surface area contributed by atoms with Crippen molar-refractivity contribution in [3.63, 3.8) is 0 Å². The van der Waals surface area contributed by atoms with Crippen molar-refractivity contribution in [1.82, 2.24) is 4.90 Å². The molecular weight excluding hydrogens is 486 g/mol. The Kier molecular flexibility index (Phi) is 8.13. The second-order valence-corrected chi connectivity index (χ2v) is 9.77. The topological polar surface area (TPSA) is 122 Å². The number of rotatable bonds is 7. The number of sulfonamides is 1. The van der Waals surface area contributed by atoms with E-state index in [9.17, 15) is 22.8 Å². The van der Waals surface area contributed by atoms with E-state index in [0.29, 0.717) is 31.9 Å². The van der Waals surface area contributed by atoms with Crippen molar-refractivity contribution in [2.75, 3.05) is 55.8 Å². The average Bonchev–Trinajstić information content (AvgIpc) is 2.83. The first-order chi connectivity index (χ1) is 16.1. The molecule has 0 atom stereocenters. The molecule has 0 aliphatic carbocycles. The molecule has 0 unspecified atom stereocenters. The van der Waals surface area contributed by atoms with Gasteiger partial charge in [0.25, 0.3) is 5.91 Å². The van der Waals surface area contributed by atoms with Crippen LogP contribution in [0.4, 0.5) is 11.4 Å². The van der Waals surface area contributed by atoms with Crippen LogP contribution < -0.4 is 9.62 Å². The third-order valence-corrected chi connectivity index (χ3v) is 6.51. The van der Waals surface area contributed by atoms with E-state index in [4.69, 9.17) is 16.3 Å². The number of benzene rings is 2. The smallest absolute Gasteiger partial charge is 0.339 e. The third-order valence-electron chi connectivity index (χ3n) is 5.04. The molecule has 12 heteroatoms. The monoisotopic (exact) mass is 509 g/mol. The SMILES string of the molecule is COC(=O)c1cc(NC(=O)CN(c2ccc(C(=O)N3CCOCC3)cc2)S(C)(=O)=O)ccc1Cl. The molecule has 1 heterocycles. The van der Waals surface area contributed by atoms with Crippen molar-refractivity contribution in [3.05, 3.63) is 58.6 Å². The molecule has 2 aromatic carbocycles. The Balaban J connectivity index is 1.75. The molecule has 1 aliphatic rings. The molecule has 0 bridgehead atoms. The third kappa shape index (κ3) is 6.25. The molecule has 1 fully saturated rings. The van der Waals surface area contributed by atoms with E-state index in [1.165, 1.54) is 49.6 Å². The lowest BCUT2D eigenvalue weighted by molar-refractivity contribution is -0.114. The van der Waals surface area contributed by atoms with Crippen molar-refractivity contribution in [2.45, 2.75) is 0 Å². The van der Waals surface area contributed by atoms with Gasteiger partial charge in [0.05, 0.1) is 42.9 Å². The van der Waals surface area contributed by atoms with Gasteiger partial charge < -0.3 is 19.7 Å². The van der Waals surface area contributed by atoms with Crippen molar-refractivity contribution in [2.24, 2.45) is 0 Å². The Labute approximate surface area is 202 Å². The number of carbonyl (C=O) groups is 3. The first kappa shape index (κ1) is 25.5. The highest BCUT2D eigenvalue weighted by Crippen LogP contribution is 2.23. The van der Waals surface area contributed by atoms with E-state index in [1.54, 1.807) is 4.90 Å². The lowest BCUT2D eigenvalue weighted by Crippen LogP contribution is -2.40. The van der Waals surface area contributed by atoms with Crippen LogP contribution in [0.25, 0.3) is 0 Å². The van der Waals surface area contributed by atoms with E-state index < -0.39 is 28.4 Å². The molecule has 1 N–H and O–H groups in total. The summed E-state index contributed by atoms with van der Waals surface area (Å²) in [6.45, 7) is 1.38. The van der Waals surface area contributed by atoms with Gasteiger partial charge in [-0.2, -0.15) is 0 Å². The second-order valence-electron chi connectivity index (χ2n) is 7.46. The predicted molar refractivity (Wildman–Crippen MR) is 127 cm³/mol. The van der Waals surface area contributed by atoms with Gasteiger partial charge in [0.15, 0.2) is 0 Å². The van der Waals surface area contributed by atoms with Crippen LogP contribution >= 0.6 is 11.6 Å². The lowest BCUT2D eigenvalue weighted by atomic mass is 10.1. The fourth-order valence-corrected chi connectivity index (χ4v) is 4.37. The largest absolute Gasteiger partial charge is 0.465 e. The molecule has 0 spiro atoms. The van der Waals surface area contributed by atoms with Gasteiger partial charge in [0, 0.05) is 24.3 Å². The Bertz CT molecular complexity index is 1180. The molecule has 2 aromatic rings. The van der Waals surface area contributed by atoms with Gasteiger partial charge in [-0.3, -0.25) is 13.9 Å². The number of hydrogen-bond acceptors (Lipinski definition) is 7. The number of nitrogens with one attached hydrogen (secondary N) is 1. The highest BCUT2D eigenvalue weighted by molar-refractivity contribution is 7.92. The maximum atomic E-state index is 12.6. The van der Waals surface area contributed by atoms with Crippen molar-refractivity contribution in [1.29, 1.82) is 0 Å². The number of ether oxygens (including phenoxy) is 2. The van der Waals surface area contributed by atoms with E-state index in [1.807, 2.05) is 0 Å². The predicted octanol–water partition coefficient (Wildman–Crippen LogP) is 2.00. The molecule has 34 heavy (non-hydrogen) atoms. The molecule has 2 amide bonds. The van der Waals surface area contributed by atoms with Crippen molar-refractivity contribution in [3.8, 4) is 0 Å². The van der Waals surface area contributed by atoms with Crippen LogP contribution in [0.2, 0.25) is 5.02 Å². The maximum absolute atomic E-state index is 12.6. The summed E-state index contributed by atoms with van der Waals surface area (Å²) < 4.78 is 35.6. The van der Waals surface area contributed by atoms with Gasteiger partial charge >= 0.3 is 5.97 Å². The van der Waals surface area contributed by atoms with Gasteiger partial charge in [-0.15, -0.1) is 0 Å². The summed E-state index contributed by atoms with van der Waals surface area (Å²) in [6.07, 6.45) is 0.977. The molecule has 1 saturated heterocycles. The summed E-state index contributed by atoms with van der Waals surface area (Å²) >= 11 is 5.98. The number of halogens is 1. The summed E-state index contributed by atoms with van der Waals surface area (Å²) in [7, 11) is -2.62. The van der Waals surface area contributed by atoms with Crippen LogP contribution in [0.3, 0.4) is 0 Å². The number of carbonyl (C=O) groups excluding carboxylic acids is 3. The van der Waals surface area contributed by atoms with E-state index in [2.05, 4.69) is 10.1 Å². The van der Waals surface area contributed by atoms with Crippen LogP contribution in [0.1, 0.15) is 20.7 Å². The summed E-state index contributed by atoms with van der Waals surface area (Å²) in [4.78, 5) is 38.7. The van der Waals surface area contributed by atoms with E-state index in [0.717, 1.165) is 10.6 Å². The minimum absolute atomic E-state index is 0.0578. The zero-order chi connectivity index (χ0) is 24.9. The van der Waals surface area contributed by atoms with Gasteiger partial charge in [-0.05, 0) is 42.5 Å². The quantitative estimate of drug-likeness (QED) is 0.566. The molecule has 0 saturated carbocycles. The summed E-state index contributed by atoms with van der Waals surface area (Å²) in [5, 5.41) is 2.70. The fraction of sp³-hybridized carbons (Fsp3) is 0.318. The first-order valence-electron chi connectivity index (χ1n) is 10.2. The number of methoxy groups -OCH3 is 1. The lowest BCUT2D eigenvalue weighted by Gasteiger charge is -2.27. The van der Waals surface area contributed by atoms with E-state index >= 15 is 0 Å². The zero-order valence-electron chi connectivity index (χ0n) is 18.6. The van der Waals surface area contributed by atoms with Crippen LogP contribution in [0.5, 0.6) is 0 Å². The Morgan fingerprint density at radius 1 is 1.12 bits per heavy atom. The van der Waals surface area contributed by atoms with Gasteiger partial charge in [0.2, 0.25) is 15.9 Å². The minimum atomic E-state index is -3.83. The summed E-state index contributed by atoms with van der Waals surface area (Å²) in [5.74, 6) is -1.50. The van der Waals surface area contributed by atoms with Crippen LogP contribution in [0.15, 0.2) is 42.5 Å². The maximum Gasteiger partial charge on any atom is 0.339 e. The van der Waals surface area contributed by atoms with Crippen LogP contribution in [0, 0.1) is 0 Å². The Morgan fingerprint density at radius 3 is 2.35 bits per heavy atom. The summed E-state index contributed by atoms with van der Waals surface area (Å²) in [6, 6.07) is 10.2. The molecular formula is C22H24ClN3O7S. The average molecular weight is 510 g/mol. The highest BCUT2D eigenvalue weighted by atomic mass is 35.5. The normalized spacial score (nSPS) is 13.8. The minimum Gasteiger partial charge on any atom is -0.465 e. The van der Waals surface area contributed by atoms with Crippen molar-refractivity contribution < 1.29 is 32.3 Å². The fourth-order valence-electron chi connectivity index (χ4n) is 3.32. The van der Waals surface area contributed by atoms with Crippen molar-refractivity contribution >= 4 is 50.8 Å². The number of esters is 1. The first-order valence-corrected chi connectivity index (χ1v) is 12.5. The van der Waals surface area contributed by atoms with Gasteiger partial charge in [-0.25, -0.2) is 13.2 Å². The number of anilines is 2.